The lowest BCUT2D eigenvalue weighted by Crippen LogP contribution is -2.26. The van der Waals surface area contributed by atoms with Crippen molar-refractivity contribution in [3.8, 4) is 5.69 Å². The SMILES string of the molecule is O=C1CC(c2ccccc2C(F)(F)F)c2ncn(-c3cccnc3)c2N1. The molecule has 8 heteroatoms. The number of pyridine rings is 1. The smallest absolute Gasteiger partial charge is 0.310 e. The van der Waals surface area contributed by atoms with Gasteiger partial charge in [0.25, 0.3) is 0 Å². The van der Waals surface area contributed by atoms with Crippen LogP contribution in [0.5, 0.6) is 0 Å². The van der Waals surface area contributed by atoms with Crippen LogP contribution in [-0.2, 0) is 11.0 Å². The number of carbonyl (C=O) groups is 1. The highest BCUT2D eigenvalue weighted by molar-refractivity contribution is 5.94. The molecule has 2 aromatic heterocycles. The lowest BCUT2D eigenvalue weighted by molar-refractivity contribution is -0.138. The van der Waals surface area contributed by atoms with Gasteiger partial charge in [0.05, 0.1) is 23.1 Å². The van der Waals surface area contributed by atoms with Crippen molar-refractivity contribution >= 4 is 11.7 Å². The van der Waals surface area contributed by atoms with Crippen LogP contribution in [0.3, 0.4) is 0 Å². The zero-order chi connectivity index (χ0) is 18.3. The van der Waals surface area contributed by atoms with Gasteiger partial charge in [-0.05, 0) is 23.8 Å². The first-order valence-electron chi connectivity index (χ1n) is 7.89. The van der Waals surface area contributed by atoms with Gasteiger partial charge in [-0.3, -0.25) is 14.3 Å². The van der Waals surface area contributed by atoms with Gasteiger partial charge in [0, 0.05) is 18.5 Å². The fourth-order valence-corrected chi connectivity index (χ4v) is 3.21. The molecule has 4 rings (SSSR count). The number of benzene rings is 1. The first-order chi connectivity index (χ1) is 12.4. The summed E-state index contributed by atoms with van der Waals surface area (Å²) in [6, 6.07) is 8.80. The number of rotatable bonds is 2. The molecule has 1 aliphatic rings. The molecule has 1 aliphatic heterocycles. The second-order valence-corrected chi connectivity index (χ2v) is 5.95. The summed E-state index contributed by atoms with van der Waals surface area (Å²) in [6.07, 6.45) is 0.0758. The van der Waals surface area contributed by atoms with Gasteiger partial charge in [-0.15, -0.1) is 0 Å². The van der Waals surface area contributed by atoms with Gasteiger partial charge in [0.15, 0.2) is 0 Å². The molecule has 132 valence electrons. The maximum Gasteiger partial charge on any atom is 0.416 e. The molecular formula is C18H13F3N4O. The van der Waals surface area contributed by atoms with Gasteiger partial charge < -0.3 is 5.32 Å². The number of nitrogens with zero attached hydrogens (tertiary/aromatic N) is 3. The van der Waals surface area contributed by atoms with E-state index in [0.717, 1.165) is 6.07 Å². The average Bonchev–Trinajstić information content (AvgIpc) is 3.05. The maximum atomic E-state index is 13.4. The number of alkyl halides is 3. The minimum absolute atomic E-state index is 0.0486. The maximum absolute atomic E-state index is 13.4. The molecule has 1 N–H and O–H groups in total. The number of amides is 1. The molecule has 1 aromatic carbocycles. The minimum atomic E-state index is -4.50. The zero-order valence-corrected chi connectivity index (χ0v) is 13.4. The van der Waals surface area contributed by atoms with Gasteiger partial charge >= 0.3 is 6.18 Å². The molecule has 26 heavy (non-hydrogen) atoms. The van der Waals surface area contributed by atoms with Crippen LogP contribution in [0.1, 0.15) is 29.2 Å². The van der Waals surface area contributed by atoms with Crippen LogP contribution in [0.25, 0.3) is 5.69 Å². The number of anilines is 1. The van der Waals surface area contributed by atoms with Crippen molar-refractivity contribution in [1.82, 2.24) is 14.5 Å². The third-order valence-corrected chi connectivity index (χ3v) is 4.34. The lowest BCUT2D eigenvalue weighted by atomic mass is 9.86. The molecule has 0 saturated carbocycles. The molecule has 0 radical (unpaired) electrons. The molecule has 1 amide bonds. The summed E-state index contributed by atoms with van der Waals surface area (Å²) >= 11 is 0. The molecule has 0 saturated heterocycles. The number of aromatic nitrogens is 3. The van der Waals surface area contributed by atoms with E-state index in [1.807, 2.05) is 0 Å². The number of hydrogen-bond donors (Lipinski definition) is 1. The van der Waals surface area contributed by atoms with Crippen molar-refractivity contribution in [3.05, 3.63) is 71.9 Å². The highest BCUT2D eigenvalue weighted by Crippen LogP contribution is 2.42. The molecule has 0 fully saturated rings. The number of fused-ring (bicyclic) bond motifs is 1. The summed E-state index contributed by atoms with van der Waals surface area (Å²) in [5.74, 6) is -0.754. The Hall–Kier alpha value is -3.16. The molecule has 0 spiro atoms. The van der Waals surface area contributed by atoms with Crippen LogP contribution in [0.15, 0.2) is 55.1 Å². The summed E-state index contributed by atoms with van der Waals surface area (Å²) in [5.41, 5.74) is 0.366. The summed E-state index contributed by atoms with van der Waals surface area (Å²) < 4.78 is 41.9. The van der Waals surface area contributed by atoms with Crippen molar-refractivity contribution < 1.29 is 18.0 Å². The number of hydrogen-bond acceptors (Lipinski definition) is 3. The Balaban J connectivity index is 1.86. The summed E-state index contributed by atoms with van der Waals surface area (Å²) in [6.45, 7) is 0. The molecule has 3 heterocycles. The fraction of sp³-hybridized carbons (Fsp3) is 0.167. The molecule has 0 bridgehead atoms. The monoisotopic (exact) mass is 358 g/mol. The van der Waals surface area contributed by atoms with Crippen molar-refractivity contribution in [2.45, 2.75) is 18.5 Å². The summed E-state index contributed by atoms with van der Waals surface area (Å²) in [5, 5.41) is 2.72. The van der Waals surface area contributed by atoms with Crippen LogP contribution in [-0.4, -0.2) is 20.4 Å². The number of halogens is 3. The minimum Gasteiger partial charge on any atom is -0.310 e. The predicted octanol–water partition coefficient (Wildman–Crippen LogP) is 3.76. The standard InChI is InChI=1S/C18H13F3N4O/c19-18(20,21)14-6-2-1-5-12(14)13-8-15(26)24-17-16(13)23-10-25(17)11-4-3-7-22-9-11/h1-7,9-10,13H,8H2,(H,24,26). The van der Waals surface area contributed by atoms with Crippen LogP contribution in [0.4, 0.5) is 19.0 Å². The summed E-state index contributed by atoms with van der Waals surface area (Å²) in [7, 11) is 0. The Morgan fingerprint density at radius 2 is 1.96 bits per heavy atom. The predicted molar refractivity (Wildman–Crippen MR) is 87.9 cm³/mol. The van der Waals surface area contributed by atoms with Crippen LogP contribution in [0, 0.1) is 0 Å². The molecule has 1 unspecified atom stereocenters. The van der Waals surface area contributed by atoms with Crippen LogP contribution in [0.2, 0.25) is 0 Å². The number of imidazole rings is 1. The van der Waals surface area contributed by atoms with E-state index in [1.54, 1.807) is 29.1 Å². The van der Waals surface area contributed by atoms with Crippen molar-refractivity contribution in [2.75, 3.05) is 5.32 Å². The highest BCUT2D eigenvalue weighted by atomic mass is 19.4. The van der Waals surface area contributed by atoms with Gasteiger partial charge in [-0.2, -0.15) is 13.2 Å². The molecule has 5 nitrogen and oxygen atoms in total. The van der Waals surface area contributed by atoms with E-state index < -0.39 is 17.7 Å². The first kappa shape index (κ1) is 16.3. The van der Waals surface area contributed by atoms with Crippen LogP contribution < -0.4 is 5.32 Å². The van der Waals surface area contributed by atoms with Crippen molar-refractivity contribution in [1.29, 1.82) is 0 Å². The topological polar surface area (TPSA) is 59.8 Å². The third kappa shape index (κ3) is 2.73. The Labute approximate surface area is 146 Å². The van der Waals surface area contributed by atoms with Gasteiger partial charge in [0.2, 0.25) is 5.91 Å². The molecule has 0 aliphatic carbocycles. The van der Waals surface area contributed by atoms with E-state index in [9.17, 15) is 18.0 Å². The Bertz CT molecular complexity index is 966. The zero-order valence-electron chi connectivity index (χ0n) is 13.4. The van der Waals surface area contributed by atoms with E-state index in [2.05, 4.69) is 15.3 Å². The molecule has 3 aromatic rings. The van der Waals surface area contributed by atoms with Gasteiger partial charge in [0.1, 0.15) is 12.1 Å². The van der Waals surface area contributed by atoms with Crippen LogP contribution >= 0.6 is 0 Å². The van der Waals surface area contributed by atoms with E-state index in [1.165, 1.54) is 24.5 Å². The average molecular weight is 358 g/mol. The van der Waals surface area contributed by atoms with E-state index in [-0.39, 0.29) is 17.9 Å². The quantitative estimate of drug-likeness (QED) is 0.759. The Morgan fingerprint density at radius 1 is 1.15 bits per heavy atom. The number of nitrogens with one attached hydrogen (secondary N) is 1. The van der Waals surface area contributed by atoms with Crippen molar-refractivity contribution in [2.24, 2.45) is 0 Å². The van der Waals surface area contributed by atoms with Gasteiger partial charge in [-0.1, -0.05) is 18.2 Å². The highest BCUT2D eigenvalue weighted by Gasteiger charge is 2.39. The van der Waals surface area contributed by atoms with Crippen molar-refractivity contribution in [3.63, 3.8) is 0 Å². The lowest BCUT2D eigenvalue weighted by Gasteiger charge is -2.25. The molecular weight excluding hydrogens is 345 g/mol. The van der Waals surface area contributed by atoms with E-state index in [0.29, 0.717) is 17.2 Å². The normalized spacial score (nSPS) is 16.9. The summed E-state index contributed by atoms with van der Waals surface area (Å²) in [4.78, 5) is 20.5. The Morgan fingerprint density at radius 3 is 2.69 bits per heavy atom. The number of carbonyl (C=O) groups excluding carboxylic acids is 1. The second kappa shape index (κ2) is 5.98. The van der Waals surface area contributed by atoms with Gasteiger partial charge in [-0.25, -0.2) is 4.98 Å². The Kier molecular flexibility index (Phi) is 3.75. The fourth-order valence-electron chi connectivity index (χ4n) is 3.21. The second-order valence-electron chi connectivity index (χ2n) is 5.95. The molecule has 1 atom stereocenters. The first-order valence-corrected chi connectivity index (χ1v) is 7.89. The van der Waals surface area contributed by atoms with E-state index in [4.69, 9.17) is 0 Å². The largest absolute Gasteiger partial charge is 0.416 e. The third-order valence-electron chi connectivity index (χ3n) is 4.34. The van der Waals surface area contributed by atoms with E-state index >= 15 is 0 Å².